The molecule has 3 aromatic rings. The number of rotatable bonds is 6. The van der Waals surface area contributed by atoms with Gasteiger partial charge in [0.15, 0.2) is 0 Å². The zero-order chi connectivity index (χ0) is 19.9. The normalized spacial score (nSPS) is 10.1. The van der Waals surface area contributed by atoms with Crippen LogP contribution in [-0.4, -0.2) is 36.1 Å². The first-order valence-electron chi connectivity index (χ1n) is 8.33. The van der Waals surface area contributed by atoms with Gasteiger partial charge in [-0.2, -0.15) is 0 Å². The molecule has 0 atom stereocenters. The number of methoxy groups -OCH3 is 2. The molecule has 2 aromatic carbocycles. The number of benzene rings is 2. The summed E-state index contributed by atoms with van der Waals surface area (Å²) in [7, 11) is 2.85. The lowest BCUT2D eigenvalue weighted by molar-refractivity contribution is 0.0600. The molecule has 0 bridgehead atoms. The minimum Gasteiger partial charge on any atom is -0.495 e. The Morgan fingerprint density at radius 2 is 1.71 bits per heavy atom. The van der Waals surface area contributed by atoms with E-state index >= 15 is 0 Å². The molecular formula is C20H18N4O4. The lowest BCUT2D eigenvalue weighted by atomic mass is 10.2. The van der Waals surface area contributed by atoms with Crippen molar-refractivity contribution in [2.45, 2.75) is 0 Å². The van der Waals surface area contributed by atoms with E-state index in [0.717, 1.165) is 0 Å². The van der Waals surface area contributed by atoms with Gasteiger partial charge in [-0.05, 0) is 42.5 Å². The molecule has 0 fully saturated rings. The second kappa shape index (κ2) is 8.63. The molecule has 0 saturated heterocycles. The molecule has 142 valence electrons. The van der Waals surface area contributed by atoms with E-state index in [9.17, 15) is 9.59 Å². The highest BCUT2D eigenvalue weighted by molar-refractivity contribution is 6.03. The predicted molar refractivity (Wildman–Crippen MR) is 104 cm³/mol. The van der Waals surface area contributed by atoms with Crippen LogP contribution in [0.15, 0.2) is 60.8 Å². The summed E-state index contributed by atoms with van der Waals surface area (Å²) in [5, 5.41) is 5.75. The summed E-state index contributed by atoms with van der Waals surface area (Å²) in [6.07, 6.45) is 1.48. The van der Waals surface area contributed by atoms with Crippen LogP contribution in [0, 0.1) is 0 Å². The molecule has 0 unspecified atom stereocenters. The molecule has 0 aliphatic carbocycles. The molecule has 0 saturated carbocycles. The summed E-state index contributed by atoms with van der Waals surface area (Å²) in [5.74, 6) is -0.0127. The van der Waals surface area contributed by atoms with Crippen molar-refractivity contribution in [2.75, 3.05) is 24.9 Å². The Morgan fingerprint density at radius 1 is 0.964 bits per heavy atom. The molecule has 8 nitrogen and oxygen atoms in total. The van der Waals surface area contributed by atoms with Crippen molar-refractivity contribution in [3.05, 3.63) is 72.1 Å². The fourth-order valence-electron chi connectivity index (χ4n) is 2.42. The number of para-hydroxylation sites is 2. The smallest absolute Gasteiger partial charge is 0.337 e. The standard InChI is InChI=1S/C20H18N4O4/c1-27-17-6-4-3-5-15(17)23-18(25)16-11-12-21-20(24-16)22-14-9-7-13(8-10-14)19(26)28-2/h3-12H,1-2H3,(H,23,25)(H,21,22,24). The largest absolute Gasteiger partial charge is 0.495 e. The predicted octanol–water partition coefficient (Wildman–Crippen LogP) is 3.27. The van der Waals surface area contributed by atoms with E-state index in [1.54, 1.807) is 42.5 Å². The van der Waals surface area contributed by atoms with Gasteiger partial charge in [-0.25, -0.2) is 14.8 Å². The van der Waals surface area contributed by atoms with E-state index in [1.165, 1.54) is 26.5 Å². The van der Waals surface area contributed by atoms with E-state index in [2.05, 4.69) is 25.3 Å². The zero-order valence-corrected chi connectivity index (χ0v) is 15.3. The molecule has 0 aliphatic heterocycles. The molecule has 0 spiro atoms. The van der Waals surface area contributed by atoms with Crippen molar-refractivity contribution in [2.24, 2.45) is 0 Å². The van der Waals surface area contributed by atoms with Crippen LogP contribution in [0.1, 0.15) is 20.8 Å². The molecule has 1 heterocycles. The van der Waals surface area contributed by atoms with Crippen LogP contribution in [0.4, 0.5) is 17.3 Å². The molecule has 1 aromatic heterocycles. The highest BCUT2D eigenvalue weighted by Crippen LogP contribution is 2.23. The van der Waals surface area contributed by atoms with Gasteiger partial charge in [0.1, 0.15) is 11.4 Å². The van der Waals surface area contributed by atoms with Gasteiger partial charge < -0.3 is 20.1 Å². The molecule has 3 rings (SSSR count). The number of anilines is 3. The van der Waals surface area contributed by atoms with Crippen LogP contribution in [0.2, 0.25) is 0 Å². The van der Waals surface area contributed by atoms with Gasteiger partial charge >= 0.3 is 5.97 Å². The van der Waals surface area contributed by atoms with Crippen LogP contribution < -0.4 is 15.4 Å². The van der Waals surface area contributed by atoms with Gasteiger partial charge in [-0.15, -0.1) is 0 Å². The maximum Gasteiger partial charge on any atom is 0.337 e. The van der Waals surface area contributed by atoms with Crippen LogP contribution in [0.3, 0.4) is 0 Å². The molecular weight excluding hydrogens is 360 g/mol. The SMILES string of the molecule is COC(=O)c1ccc(Nc2nccc(C(=O)Nc3ccccc3OC)n2)cc1. The summed E-state index contributed by atoms with van der Waals surface area (Å²) in [5.41, 5.74) is 1.82. The van der Waals surface area contributed by atoms with Crippen LogP contribution in [-0.2, 0) is 4.74 Å². The molecule has 0 radical (unpaired) electrons. The molecule has 28 heavy (non-hydrogen) atoms. The summed E-state index contributed by atoms with van der Waals surface area (Å²) in [6.45, 7) is 0. The highest BCUT2D eigenvalue weighted by Gasteiger charge is 2.12. The van der Waals surface area contributed by atoms with Crippen LogP contribution in [0.5, 0.6) is 5.75 Å². The first kappa shape index (κ1) is 18.8. The van der Waals surface area contributed by atoms with Crippen LogP contribution >= 0.6 is 0 Å². The Kier molecular flexibility index (Phi) is 5.81. The Morgan fingerprint density at radius 3 is 2.43 bits per heavy atom. The first-order valence-corrected chi connectivity index (χ1v) is 8.33. The second-order valence-corrected chi connectivity index (χ2v) is 5.61. The summed E-state index contributed by atoms with van der Waals surface area (Å²) in [6, 6.07) is 15.2. The molecule has 0 aliphatic rings. The van der Waals surface area contributed by atoms with E-state index in [1.807, 2.05) is 6.07 Å². The third-order valence-electron chi connectivity index (χ3n) is 3.81. The minimum absolute atomic E-state index is 0.189. The number of aromatic nitrogens is 2. The maximum absolute atomic E-state index is 12.5. The fourth-order valence-corrected chi connectivity index (χ4v) is 2.42. The lowest BCUT2D eigenvalue weighted by Crippen LogP contribution is -2.15. The Balaban J connectivity index is 1.73. The van der Waals surface area contributed by atoms with Gasteiger partial charge in [0.05, 0.1) is 25.5 Å². The first-order chi connectivity index (χ1) is 13.6. The van der Waals surface area contributed by atoms with Crippen molar-refractivity contribution in [3.8, 4) is 5.75 Å². The van der Waals surface area contributed by atoms with Gasteiger partial charge in [0.25, 0.3) is 5.91 Å². The number of carbonyl (C=O) groups is 2. The highest BCUT2D eigenvalue weighted by atomic mass is 16.5. The average molecular weight is 378 g/mol. The topological polar surface area (TPSA) is 102 Å². The van der Waals surface area contributed by atoms with E-state index < -0.39 is 11.9 Å². The van der Waals surface area contributed by atoms with Crippen molar-refractivity contribution in [3.63, 3.8) is 0 Å². The number of amides is 1. The number of nitrogens with one attached hydrogen (secondary N) is 2. The lowest BCUT2D eigenvalue weighted by Gasteiger charge is -2.10. The number of esters is 1. The van der Waals surface area contributed by atoms with E-state index in [0.29, 0.717) is 22.7 Å². The molecule has 8 heteroatoms. The van der Waals surface area contributed by atoms with Crippen molar-refractivity contribution >= 4 is 29.2 Å². The number of carbonyl (C=O) groups excluding carboxylic acids is 2. The number of ether oxygens (including phenoxy) is 2. The van der Waals surface area contributed by atoms with E-state index in [-0.39, 0.29) is 11.6 Å². The fraction of sp³-hybridized carbons (Fsp3) is 0.100. The Bertz CT molecular complexity index is 990. The number of nitrogens with zero attached hydrogens (tertiary/aromatic N) is 2. The quantitative estimate of drug-likeness (QED) is 0.635. The summed E-state index contributed by atoms with van der Waals surface area (Å²) in [4.78, 5) is 32.3. The Hall–Kier alpha value is -3.94. The average Bonchev–Trinajstić information content (AvgIpc) is 2.74. The number of hydrogen-bond donors (Lipinski definition) is 2. The molecule has 2 N–H and O–H groups in total. The van der Waals surface area contributed by atoms with Gasteiger partial charge in [0.2, 0.25) is 5.95 Å². The second-order valence-electron chi connectivity index (χ2n) is 5.61. The third kappa shape index (κ3) is 4.42. The summed E-state index contributed by atoms with van der Waals surface area (Å²) < 4.78 is 9.89. The van der Waals surface area contributed by atoms with Crippen LogP contribution in [0.25, 0.3) is 0 Å². The monoisotopic (exact) mass is 378 g/mol. The Labute approximate surface area is 161 Å². The third-order valence-corrected chi connectivity index (χ3v) is 3.81. The zero-order valence-electron chi connectivity index (χ0n) is 15.3. The number of hydrogen-bond acceptors (Lipinski definition) is 7. The van der Waals surface area contributed by atoms with Gasteiger partial charge in [-0.1, -0.05) is 12.1 Å². The molecule has 1 amide bonds. The van der Waals surface area contributed by atoms with Gasteiger partial charge in [-0.3, -0.25) is 4.79 Å². The summed E-state index contributed by atoms with van der Waals surface area (Å²) >= 11 is 0. The maximum atomic E-state index is 12.5. The van der Waals surface area contributed by atoms with E-state index in [4.69, 9.17) is 4.74 Å². The van der Waals surface area contributed by atoms with Gasteiger partial charge in [0, 0.05) is 11.9 Å². The van der Waals surface area contributed by atoms with Crippen molar-refractivity contribution in [1.82, 2.24) is 9.97 Å². The van der Waals surface area contributed by atoms with Crippen molar-refractivity contribution in [1.29, 1.82) is 0 Å². The minimum atomic E-state index is -0.419. The van der Waals surface area contributed by atoms with Crippen molar-refractivity contribution < 1.29 is 19.1 Å².